The Morgan fingerprint density at radius 3 is 2.68 bits per heavy atom. The zero-order valence-electron chi connectivity index (χ0n) is 19.9. The molecule has 0 bridgehead atoms. The molecule has 6 nitrogen and oxygen atoms in total. The highest BCUT2D eigenvalue weighted by atomic mass is 19.3. The third-order valence-electron chi connectivity index (χ3n) is 6.00. The van der Waals surface area contributed by atoms with Gasteiger partial charge in [-0.15, -0.1) is 0 Å². The monoisotopic (exact) mass is 464 g/mol. The largest absolute Gasteiger partial charge is 0.372 e. The fraction of sp³-hybridized carbons (Fsp3) is 0.346. The van der Waals surface area contributed by atoms with Gasteiger partial charge in [-0.1, -0.05) is 31.7 Å². The molecular weight excluding hydrogens is 434 g/mol. The van der Waals surface area contributed by atoms with E-state index in [1.165, 1.54) is 18.5 Å². The number of hydrogen-bond acceptors (Lipinski definition) is 6. The summed E-state index contributed by atoms with van der Waals surface area (Å²) in [6, 6.07) is 12.2. The number of aryl methyl sites for hydroxylation is 1. The maximum atomic E-state index is 13.9. The molecule has 3 aromatic rings. The van der Waals surface area contributed by atoms with E-state index < -0.39 is 5.92 Å². The van der Waals surface area contributed by atoms with Gasteiger partial charge in [0.2, 0.25) is 0 Å². The van der Waals surface area contributed by atoms with Crippen molar-refractivity contribution in [3.05, 3.63) is 72.4 Å². The molecule has 0 saturated heterocycles. The van der Waals surface area contributed by atoms with Crippen molar-refractivity contribution in [2.75, 3.05) is 35.3 Å². The molecule has 0 amide bonds. The molecule has 0 saturated carbocycles. The van der Waals surface area contributed by atoms with Crippen molar-refractivity contribution in [2.24, 2.45) is 0 Å². The Balaban J connectivity index is 1.73. The molecule has 34 heavy (non-hydrogen) atoms. The highest BCUT2D eigenvalue weighted by Gasteiger charge is 2.25. The van der Waals surface area contributed by atoms with Crippen LogP contribution in [0.2, 0.25) is 0 Å². The number of rotatable bonds is 6. The Kier molecular flexibility index (Phi) is 6.77. The van der Waals surface area contributed by atoms with Gasteiger partial charge in [-0.25, -0.2) is 23.7 Å². The maximum Gasteiger partial charge on any atom is 0.270 e. The van der Waals surface area contributed by atoms with Crippen molar-refractivity contribution in [3.63, 3.8) is 0 Å². The van der Waals surface area contributed by atoms with Crippen LogP contribution in [-0.2, 0) is 12.3 Å². The number of fused-ring (bicyclic) bond motifs is 1. The molecule has 8 heteroatoms. The predicted octanol–water partition coefficient (Wildman–Crippen LogP) is 5.83. The predicted molar refractivity (Wildman–Crippen MR) is 133 cm³/mol. The molecule has 1 N–H and O–H groups in total. The van der Waals surface area contributed by atoms with Crippen molar-refractivity contribution in [1.82, 2.24) is 15.0 Å². The summed E-state index contributed by atoms with van der Waals surface area (Å²) in [5.41, 5.74) is 3.14. The van der Waals surface area contributed by atoms with E-state index in [-0.39, 0.29) is 5.56 Å². The minimum absolute atomic E-state index is 0.0333. The molecule has 0 atom stereocenters. The van der Waals surface area contributed by atoms with Crippen LogP contribution < -0.4 is 15.1 Å². The molecule has 2 aromatic heterocycles. The average molecular weight is 465 g/mol. The van der Waals surface area contributed by atoms with Gasteiger partial charge in [-0.2, -0.15) is 0 Å². The second-order valence-corrected chi connectivity index (χ2v) is 8.61. The number of hydrogen-bond donors (Lipinski definition) is 1. The number of aromatic nitrogens is 3. The molecule has 0 aliphatic carbocycles. The van der Waals surface area contributed by atoms with E-state index in [1.54, 1.807) is 12.1 Å². The van der Waals surface area contributed by atoms with E-state index in [2.05, 4.69) is 26.8 Å². The SMILES string of the molecule is C=C(Nc1cc(CC)ncn1)N1CCCCN(C)c2ccc(-c3cccc(C(C)(F)F)c3)nc21. The van der Waals surface area contributed by atoms with Crippen LogP contribution in [0, 0.1) is 0 Å². The zero-order valence-corrected chi connectivity index (χ0v) is 19.9. The number of benzene rings is 1. The van der Waals surface area contributed by atoms with Gasteiger partial charge in [0.15, 0.2) is 5.82 Å². The molecule has 178 valence electrons. The van der Waals surface area contributed by atoms with Crippen molar-refractivity contribution < 1.29 is 8.78 Å². The first kappa shape index (κ1) is 23.6. The number of halogens is 2. The lowest BCUT2D eigenvalue weighted by Gasteiger charge is -2.33. The van der Waals surface area contributed by atoms with Gasteiger partial charge in [0.25, 0.3) is 5.92 Å². The van der Waals surface area contributed by atoms with Gasteiger partial charge in [0, 0.05) is 49.9 Å². The topological polar surface area (TPSA) is 57.2 Å². The third kappa shape index (κ3) is 5.16. The minimum atomic E-state index is -2.92. The molecule has 0 fully saturated rings. The Hall–Kier alpha value is -3.55. The standard InChI is InChI=1S/C26H30F2N6/c1-5-21-16-24(30-17-29-21)31-18(2)34-14-7-6-13-33(4)23-12-11-22(32-25(23)34)19-9-8-10-20(15-19)26(3,27)28/h8-12,15-17H,2,5-7,13-14H2,1,3-4H3,(H,29,30,31). The van der Waals surface area contributed by atoms with Gasteiger partial charge < -0.3 is 15.1 Å². The Bertz CT molecular complexity index is 1170. The third-order valence-corrected chi connectivity index (χ3v) is 6.00. The summed E-state index contributed by atoms with van der Waals surface area (Å²) >= 11 is 0. The Morgan fingerprint density at radius 1 is 1.12 bits per heavy atom. The van der Waals surface area contributed by atoms with E-state index >= 15 is 0 Å². The van der Waals surface area contributed by atoms with Crippen molar-refractivity contribution >= 4 is 17.3 Å². The molecule has 0 radical (unpaired) electrons. The fourth-order valence-electron chi connectivity index (χ4n) is 4.03. The molecule has 1 aliphatic rings. The maximum absolute atomic E-state index is 13.9. The van der Waals surface area contributed by atoms with E-state index in [9.17, 15) is 8.78 Å². The summed E-state index contributed by atoms with van der Waals surface area (Å²) in [6.45, 7) is 8.85. The first-order valence-electron chi connectivity index (χ1n) is 11.5. The highest BCUT2D eigenvalue weighted by Crippen LogP contribution is 2.35. The smallest absolute Gasteiger partial charge is 0.270 e. The van der Waals surface area contributed by atoms with E-state index in [0.717, 1.165) is 56.5 Å². The molecule has 1 aliphatic heterocycles. The summed E-state index contributed by atoms with van der Waals surface area (Å²) in [5.74, 6) is -0.867. The lowest BCUT2D eigenvalue weighted by atomic mass is 10.0. The second kappa shape index (κ2) is 9.75. The van der Waals surface area contributed by atoms with Crippen LogP contribution in [0.25, 0.3) is 11.3 Å². The highest BCUT2D eigenvalue weighted by molar-refractivity contribution is 5.75. The van der Waals surface area contributed by atoms with Crippen LogP contribution >= 0.6 is 0 Å². The molecule has 0 spiro atoms. The van der Waals surface area contributed by atoms with Crippen LogP contribution in [0.15, 0.2) is 61.2 Å². The minimum Gasteiger partial charge on any atom is -0.372 e. The Labute approximate surface area is 199 Å². The lowest BCUT2D eigenvalue weighted by molar-refractivity contribution is 0.0175. The first-order chi connectivity index (χ1) is 16.3. The normalized spacial score (nSPS) is 14.3. The summed E-state index contributed by atoms with van der Waals surface area (Å²) < 4.78 is 27.9. The van der Waals surface area contributed by atoms with Gasteiger partial charge in [-0.05, 0) is 37.5 Å². The second-order valence-electron chi connectivity index (χ2n) is 8.61. The number of pyridine rings is 1. The first-order valence-corrected chi connectivity index (χ1v) is 11.5. The summed E-state index contributed by atoms with van der Waals surface area (Å²) in [5, 5.41) is 3.30. The van der Waals surface area contributed by atoms with Gasteiger partial charge >= 0.3 is 0 Å². The van der Waals surface area contributed by atoms with E-state index in [4.69, 9.17) is 4.98 Å². The Morgan fingerprint density at radius 2 is 1.91 bits per heavy atom. The fourth-order valence-corrected chi connectivity index (χ4v) is 4.03. The van der Waals surface area contributed by atoms with Crippen molar-refractivity contribution in [3.8, 4) is 11.3 Å². The quantitative estimate of drug-likeness (QED) is 0.495. The zero-order chi connectivity index (χ0) is 24.3. The molecule has 3 heterocycles. The summed E-state index contributed by atoms with van der Waals surface area (Å²) in [6.07, 6.45) is 4.33. The van der Waals surface area contributed by atoms with Gasteiger partial charge in [-0.3, -0.25) is 0 Å². The molecule has 0 unspecified atom stereocenters. The number of anilines is 3. The molecular formula is C26H30F2N6. The van der Waals surface area contributed by atoms with Crippen LogP contribution in [0.4, 0.5) is 26.1 Å². The van der Waals surface area contributed by atoms with Crippen LogP contribution in [0.3, 0.4) is 0 Å². The number of nitrogens with zero attached hydrogens (tertiary/aromatic N) is 5. The molecule has 1 aromatic carbocycles. The number of nitrogens with one attached hydrogen (secondary N) is 1. The van der Waals surface area contributed by atoms with Crippen molar-refractivity contribution in [2.45, 2.75) is 39.0 Å². The van der Waals surface area contributed by atoms with E-state index in [1.807, 2.05) is 37.1 Å². The molecule has 4 rings (SSSR count). The summed E-state index contributed by atoms with van der Waals surface area (Å²) in [4.78, 5) is 17.7. The lowest BCUT2D eigenvalue weighted by Crippen LogP contribution is -2.33. The van der Waals surface area contributed by atoms with Gasteiger partial charge in [0.05, 0.1) is 11.4 Å². The van der Waals surface area contributed by atoms with Crippen LogP contribution in [0.1, 0.15) is 37.9 Å². The van der Waals surface area contributed by atoms with Gasteiger partial charge in [0.1, 0.15) is 18.0 Å². The van der Waals surface area contributed by atoms with Crippen LogP contribution in [-0.4, -0.2) is 35.1 Å². The van der Waals surface area contributed by atoms with E-state index in [0.29, 0.717) is 22.9 Å². The number of alkyl halides is 2. The van der Waals surface area contributed by atoms with Crippen molar-refractivity contribution in [1.29, 1.82) is 0 Å². The average Bonchev–Trinajstić information content (AvgIpc) is 2.82. The summed E-state index contributed by atoms with van der Waals surface area (Å²) in [7, 11) is 2.04. The van der Waals surface area contributed by atoms with Crippen LogP contribution in [0.5, 0.6) is 0 Å².